The monoisotopic (exact) mass is 389 g/mol. The van der Waals surface area contributed by atoms with Gasteiger partial charge in [-0.2, -0.15) is 0 Å². The number of rotatable bonds is 4. The summed E-state index contributed by atoms with van der Waals surface area (Å²) in [6.45, 7) is 7.08. The Bertz CT molecular complexity index is 963. The van der Waals surface area contributed by atoms with Crippen LogP contribution < -0.4 is 15.1 Å². The molecule has 4 rings (SSSR count). The molecule has 0 bridgehead atoms. The van der Waals surface area contributed by atoms with Crippen LogP contribution in [-0.2, 0) is 0 Å². The van der Waals surface area contributed by atoms with Gasteiger partial charge in [0.15, 0.2) is 0 Å². The number of benzene rings is 1. The maximum atomic E-state index is 12.6. The molecule has 0 unspecified atom stereocenters. The SMILES string of the molecule is Cc1cccc(C)c1NC(=O)c1cnc(N2CCN(c3ncccn3)CC2)nc1. The lowest BCUT2D eigenvalue weighted by Crippen LogP contribution is -2.47. The Morgan fingerprint density at radius 2 is 1.34 bits per heavy atom. The van der Waals surface area contributed by atoms with Crippen LogP contribution in [0.4, 0.5) is 17.6 Å². The summed E-state index contributed by atoms with van der Waals surface area (Å²) >= 11 is 0. The smallest absolute Gasteiger partial charge is 0.258 e. The number of hydrogen-bond donors (Lipinski definition) is 1. The van der Waals surface area contributed by atoms with Gasteiger partial charge in [0, 0.05) is 56.7 Å². The Labute approximate surface area is 169 Å². The molecule has 8 heteroatoms. The fraction of sp³-hybridized carbons (Fsp3) is 0.286. The van der Waals surface area contributed by atoms with Gasteiger partial charge in [0.1, 0.15) is 0 Å². The molecule has 1 amide bonds. The molecule has 1 saturated heterocycles. The van der Waals surface area contributed by atoms with Crippen molar-refractivity contribution in [3.8, 4) is 0 Å². The molecule has 8 nitrogen and oxygen atoms in total. The second-order valence-electron chi connectivity index (χ2n) is 7.02. The van der Waals surface area contributed by atoms with Crippen LogP contribution in [0, 0.1) is 13.8 Å². The summed E-state index contributed by atoms with van der Waals surface area (Å²) in [6.07, 6.45) is 6.66. The number of para-hydroxylation sites is 1. The first-order chi connectivity index (χ1) is 14.1. The summed E-state index contributed by atoms with van der Waals surface area (Å²) in [6, 6.07) is 7.73. The van der Waals surface area contributed by atoms with Crippen LogP contribution in [0.25, 0.3) is 0 Å². The molecule has 0 spiro atoms. The first kappa shape index (κ1) is 18.8. The summed E-state index contributed by atoms with van der Waals surface area (Å²) < 4.78 is 0. The molecule has 0 saturated carbocycles. The zero-order valence-electron chi connectivity index (χ0n) is 16.5. The number of aryl methyl sites for hydroxylation is 2. The Kier molecular flexibility index (Phi) is 5.33. The van der Waals surface area contributed by atoms with Gasteiger partial charge < -0.3 is 15.1 Å². The first-order valence-corrected chi connectivity index (χ1v) is 9.58. The average molecular weight is 389 g/mol. The van der Waals surface area contributed by atoms with Gasteiger partial charge in [-0.3, -0.25) is 4.79 Å². The van der Waals surface area contributed by atoms with Crippen LogP contribution in [-0.4, -0.2) is 52.0 Å². The lowest BCUT2D eigenvalue weighted by atomic mass is 10.1. The highest BCUT2D eigenvalue weighted by Crippen LogP contribution is 2.20. The minimum Gasteiger partial charge on any atom is -0.337 e. The summed E-state index contributed by atoms with van der Waals surface area (Å²) in [5.74, 6) is 1.16. The predicted molar refractivity (Wildman–Crippen MR) is 112 cm³/mol. The van der Waals surface area contributed by atoms with Crippen molar-refractivity contribution in [2.24, 2.45) is 0 Å². The van der Waals surface area contributed by atoms with Crippen LogP contribution in [0.15, 0.2) is 49.1 Å². The molecule has 1 N–H and O–H groups in total. The van der Waals surface area contributed by atoms with E-state index in [1.807, 2.05) is 38.1 Å². The molecule has 148 valence electrons. The average Bonchev–Trinajstić information content (AvgIpc) is 2.77. The van der Waals surface area contributed by atoms with Gasteiger partial charge in [-0.1, -0.05) is 18.2 Å². The maximum Gasteiger partial charge on any atom is 0.258 e. The summed E-state index contributed by atoms with van der Waals surface area (Å²) in [5, 5.41) is 2.96. The zero-order valence-corrected chi connectivity index (χ0v) is 16.5. The fourth-order valence-corrected chi connectivity index (χ4v) is 3.36. The molecule has 3 aromatic rings. The van der Waals surface area contributed by atoms with Crippen LogP contribution in [0.5, 0.6) is 0 Å². The largest absolute Gasteiger partial charge is 0.337 e. The molecule has 0 aliphatic carbocycles. The Hall–Kier alpha value is -3.55. The van der Waals surface area contributed by atoms with Gasteiger partial charge in [-0.05, 0) is 31.0 Å². The minimum absolute atomic E-state index is 0.208. The number of anilines is 3. The van der Waals surface area contributed by atoms with E-state index in [1.54, 1.807) is 24.8 Å². The van der Waals surface area contributed by atoms with Crippen LogP contribution in [0.2, 0.25) is 0 Å². The standard InChI is InChI=1S/C21H23N7O/c1-15-5-3-6-16(2)18(15)26-19(29)17-13-24-21(25-14-17)28-11-9-27(10-12-28)20-22-7-4-8-23-20/h3-8,13-14H,9-12H2,1-2H3,(H,26,29). The summed E-state index contributed by atoms with van der Waals surface area (Å²) in [7, 11) is 0. The third kappa shape index (κ3) is 4.16. The number of piperazine rings is 1. The lowest BCUT2D eigenvalue weighted by Gasteiger charge is -2.34. The third-order valence-corrected chi connectivity index (χ3v) is 5.02. The van der Waals surface area contributed by atoms with Crippen molar-refractivity contribution >= 4 is 23.5 Å². The molecule has 1 aromatic carbocycles. The topological polar surface area (TPSA) is 87.1 Å². The van der Waals surface area contributed by atoms with Crippen molar-refractivity contribution in [2.75, 3.05) is 41.3 Å². The van der Waals surface area contributed by atoms with Crippen LogP contribution in [0.1, 0.15) is 21.5 Å². The van der Waals surface area contributed by atoms with Crippen molar-refractivity contribution in [2.45, 2.75) is 13.8 Å². The highest BCUT2D eigenvalue weighted by Gasteiger charge is 2.21. The van der Waals surface area contributed by atoms with Gasteiger partial charge in [-0.25, -0.2) is 19.9 Å². The molecule has 1 aliphatic rings. The highest BCUT2D eigenvalue weighted by atomic mass is 16.1. The molecular formula is C21H23N7O. The molecule has 1 aliphatic heterocycles. The van der Waals surface area contributed by atoms with E-state index in [1.165, 1.54) is 0 Å². The zero-order chi connectivity index (χ0) is 20.2. The van der Waals surface area contributed by atoms with Gasteiger partial charge in [0.25, 0.3) is 5.91 Å². The molecule has 1 fully saturated rings. The summed E-state index contributed by atoms with van der Waals surface area (Å²) in [4.78, 5) is 34.2. The molecular weight excluding hydrogens is 366 g/mol. The van der Waals surface area contributed by atoms with E-state index in [0.29, 0.717) is 11.5 Å². The first-order valence-electron chi connectivity index (χ1n) is 9.58. The molecule has 0 radical (unpaired) electrons. The number of hydrogen-bond acceptors (Lipinski definition) is 7. The van der Waals surface area contributed by atoms with Crippen molar-refractivity contribution < 1.29 is 4.79 Å². The van der Waals surface area contributed by atoms with Crippen LogP contribution in [0.3, 0.4) is 0 Å². The van der Waals surface area contributed by atoms with E-state index in [-0.39, 0.29) is 5.91 Å². The van der Waals surface area contributed by atoms with Crippen molar-refractivity contribution in [3.05, 3.63) is 65.7 Å². The second kappa shape index (κ2) is 8.22. The van der Waals surface area contributed by atoms with Crippen molar-refractivity contribution in [3.63, 3.8) is 0 Å². The molecule has 29 heavy (non-hydrogen) atoms. The maximum absolute atomic E-state index is 12.6. The number of carbonyl (C=O) groups excluding carboxylic acids is 1. The van der Waals surface area contributed by atoms with E-state index in [2.05, 4.69) is 35.1 Å². The van der Waals surface area contributed by atoms with Crippen molar-refractivity contribution in [1.29, 1.82) is 0 Å². The van der Waals surface area contributed by atoms with E-state index in [0.717, 1.165) is 48.9 Å². The number of amides is 1. The fourth-order valence-electron chi connectivity index (χ4n) is 3.36. The number of nitrogens with zero attached hydrogens (tertiary/aromatic N) is 6. The van der Waals surface area contributed by atoms with Gasteiger partial charge in [0.2, 0.25) is 11.9 Å². The Morgan fingerprint density at radius 1 is 0.828 bits per heavy atom. The Balaban J connectivity index is 1.39. The van der Waals surface area contributed by atoms with Gasteiger partial charge in [-0.15, -0.1) is 0 Å². The van der Waals surface area contributed by atoms with E-state index >= 15 is 0 Å². The predicted octanol–water partition coefficient (Wildman–Crippen LogP) is 2.46. The van der Waals surface area contributed by atoms with E-state index in [9.17, 15) is 4.79 Å². The number of nitrogens with one attached hydrogen (secondary N) is 1. The number of aromatic nitrogens is 4. The minimum atomic E-state index is -0.208. The molecule has 3 heterocycles. The molecule has 2 aromatic heterocycles. The second-order valence-corrected chi connectivity index (χ2v) is 7.02. The van der Waals surface area contributed by atoms with Gasteiger partial charge >= 0.3 is 0 Å². The quantitative estimate of drug-likeness (QED) is 0.733. The van der Waals surface area contributed by atoms with Gasteiger partial charge in [0.05, 0.1) is 5.56 Å². The summed E-state index contributed by atoms with van der Waals surface area (Å²) in [5.41, 5.74) is 3.32. The van der Waals surface area contributed by atoms with E-state index < -0.39 is 0 Å². The highest BCUT2D eigenvalue weighted by molar-refractivity contribution is 6.04. The Morgan fingerprint density at radius 3 is 1.90 bits per heavy atom. The normalized spacial score (nSPS) is 14.0. The van der Waals surface area contributed by atoms with E-state index in [4.69, 9.17) is 0 Å². The van der Waals surface area contributed by atoms with Crippen LogP contribution >= 0.6 is 0 Å². The third-order valence-electron chi connectivity index (χ3n) is 5.02. The number of carbonyl (C=O) groups is 1. The molecule has 0 atom stereocenters. The lowest BCUT2D eigenvalue weighted by molar-refractivity contribution is 0.102. The van der Waals surface area contributed by atoms with Crippen molar-refractivity contribution in [1.82, 2.24) is 19.9 Å².